The van der Waals surface area contributed by atoms with E-state index in [2.05, 4.69) is 30.7 Å². The topological polar surface area (TPSA) is 42.4 Å². The Morgan fingerprint density at radius 3 is 2.94 bits per heavy atom. The predicted octanol–water partition coefficient (Wildman–Crippen LogP) is 2.69. The normalized spacial score (nSPS) is 21.1. The van der Waals surface area contributed by atoms with Crippen molar-refractivity contribution < 1.29 is 9.53 Å². The number of hydrogen-bond donors (Lipinski definition) is 0. The van der Waals surface area contributed by atoms with Crippen LogP contribution in [-0.4, -0.2) is 37.1 Å². The standard InChI is InChI=1S/C13H20N2O2S/c1-9(2)12-11(8-16)18-13(14-12)15-5-4-6-17-10(3)7-15/h8-10H,4-7H2,1-3H3. The Morgan fingerprint density at radius 2 is 2.33 bits per heavy atom. The van der Waals surface area contributed by atoms with E-state index in [4.69, 9.17) is 4.74 Å². The SMILES string of the molecule is CC1CN(c2nc(C(C)C)c(C=O)s2)CCCO1. The van der Waals surface area contributed by atoms with Gasteiger partial charge in [-0.1, -0.05) is 25.2 Å². The summed E-state index contributed by atoms with van der Waals surface area (Å²) < 4.78 is 5.63. The Bertz CT molecular complexity index is 417. The fourth-order valence-electron chi connectivity index (χ4n) is 2.13. The molecule has 1 atom stereocenters. The third kappa shape index (κ3) is 2.90. The first-order valence-corrected chi connectivity index (χ1v) is 7.26. The van der Waals surface area contributed by atoms with Crippen LogP contribution >= 0.6 is 11.3 Å². The zero-order valence-electron chi connectivity index (χ0n) is 11.2. The van der Waals surface area contributed by atoms with Gasteiger partial charge in [-0.15, -0.1) is 0 Å². The molecule has 0 N–H and O–H groups in total. The number of aromatic nitrogens is 1. The predicted molar refractivity (Wildman–Crippen MR) is 73.8 cm³/mol. The molecule has 1 aliphatic heterocycles. The number of carbonyl (C=O) groups is 1. The lowest BCUT2D eigenvalue weighted by Gasteiger charge is -2.20. The van der Waals surface area contributed by atoms with Crippen molar-refractivity contribution >= 4 is 22.8 Å². The lowest BCUT2D eigenvalue weighted by Crippen LogP contribution is -2.29. The first-order valence-electron chi connectivity index (χ1n) is 6.44. The Labute approximate surface area is 112 Å². The second-order valence-corrected chi connectivity index (χ2v) is 6.01. The van der Waals surface area contributed by atoms with Crippen molar-refractivity contribution in [1.82, 2.24) is 4.98 Å². The van der Waals surface area contributed by atoms with Crippen molar-refractivity contribution in [3.05, 3.63) is 10.6 Å². The molecule has 0 saturated carbocycles. The molecular weight excluding hydrogens is 248 g/mol. The molecule has 0 amide bonds. The number of nitrogens with zero attached hydrogens (tertiary/aromatic N) is 2. The molecule has 2 heterocycles. The zero-order valence-corrected chi connectivity index (χ0v) is 12.0. The fraction of sp³-hybridized carbons (Fsp3) is 0.692. The molecule has 1 unspecified atom stereocenters. The second-order valence-electron chi connectivity index (χ2n) is 5.00. The van der Waals surface area contributed by atoms with Crippen molar-refractivity contribution in [2.45, 2.75) is 39.2 Å². The van der Waals surface area contributed by atoms with Gasteiger partial charge in [-0.25, -0.2) is 4.98 Å². The van der Waals surface area contributed by atoms with Gasteiger partial charge in [-0.3, -0.25) is 4.79 Å². The van der Waals surface area contributed by atoms with E-state index >= 15 is 0 Å². The first-order chi connectivity index (χ1) is 8.61. The molecule has 0 aliphatic carbocycles. The minimum Gasteiger partial charge on any atom is -0.377 e. The van der Waals surface area contributed by atoms with Crippen molar-refractivity contribution in [1.29, 1.82) is 0 Å². The van der Waals surface area contributed by atoms with Gasteiger partial charge in [0.15, 0.2) is 11.4 Å². The van der Waals surface area contributed by atoms with Crippen molar-refractivity contribution in [3.8, 4) is 0 Å². The van der Waals surface area contributed by atoms with E-state index in [9.17, 15) is 4.79 Å². The lowest BCUT2D eigenvalue weighted by atomic mass is 10.1. The van der Waals surface area contributed by atoms with Gasteiger partial charge < -0.3 is 9.64 Å². The fourth-order valence-corrected chi connectivity index (χ4v) is 3.20. The summed E-state index contributed by atoms with van der Waals surface area (Å²) in [4.78, 5) is 18.7. The van der Waals surface area contributed by atoms with E-state index in [1.807, 2.05) is 0 Å². The smallest absolute Gasteiger partial charge is 0.186 e. The monoisotopic (exact) mass is 268 g/mol. The average Bonchev–Trinajstić information content (AvgIpc) is 2.66. The molecule has 0 bridgehead atoms. The molecule has 1 aliphatic rings. The number of thiazole rings is 1. The van der Waals surface area contributed by atoms with Crippen molar-refractivity contribution in [3.63, 3.8) is 0 Å². The van der Waals surface area contributed by atoms with E-state index < -0.39 is 0 Å². The van der Waals surface area contributed by atoms with Crippen molar-refractivity contribution in [2.75, 3.05) is 24.6 Å². The molecule has 18 heavy (non-hydrogen) atoms. The molecule has 5 heteroatoms. The number of aldehydes is 1. The summed E-state index contributed by atoms with van der Waals surface area (Å²) in [6.45, 7) is 8.83. The van der Waals surface area contributed by atoms with Crippen LogP contribution in [0, 0.1) is 0 Å². The molecule has 1 aromatic rings. The molecular formula is C13H20N2O2S. The highest BCUT2D eigenvalue weighted by Crippen LogP contribution is 2.30. The van der Waals surface area contributed by atoms with Crippen LogP contribution < -0.4 is 4.90 Å². The van der Waals surface area contributed by atoms with Crippen LogP contribution in [0.25, 0.3) is 0 Å². The molecule has 0 aromatic carbocycles. The minimum absolute atomic E-state index is 0.221. The summed E-state index contributed by atoms with van der Waals surface area (Å²) in [6, 6.07) is 0. The lowest BCUT2D eigenvalue weighted by molar-refractivity contribution is 0.0821. The molecule has 4 nitrogen and oxygen atoms in total. The van der Waals surface area contributed by atoms with E-state index in [1.54, 1.807) is 0 Å². The van der Waals surface area contributed by atoms with Gasteiger partial charge in [0.1, 0.15) is 0 Å². The highest BCUT2D eigenvalue weighted by atomic mass is 32.1. The van der Waals surface area contributed by atoms with Crippen LogP contribution in [0.3, 0.4) is 0 Å². The van der Waals surface area contributed by atoms with Gasteiger partial charge in [0.25, 0.3) is 0 Å². The highest BCUT2D eigenvalue weighted by molar-refractivity contribution is 7.17. The highest BCUT2D eigenvalue weighted by Gasteiger charge is 2.21. The van der Waals surface area contributed by atoms with E-state index in [1.165, 1.54) is 11.3 Å². The number of anilines is 1. The van der Waals surface area contributed by atoms with E-state index in [0.29, 0.717) is 0 Å². The largest absolute Gasteiger partial charge is 0.377 e. The maximum Gasteiger partial charge on any atom is 0.186 e. The number of rotatable bonds is 3. The molecule has 0 spiro atoms. The average molecular weight is 268 g/mol. The van der Waals surface area contributed by atoms with Gasteiger partial charge in [0.05, 0.1) is 16.7 Å². The summed E-state index contributed by atoms with van der Waals surface area (Å²) in [6.07, 6.45) is 2.16. The van der Waals surface area contributed by atoms with E-state index in [-0.39, 0.29) is 12.0 Å². The quantitative estimate of drug-likeness (QED) is 0.790. The van der Waals surface area contributed by atoms with Gasteiger partial charge in [0.2, 0.25) is 0 Å². The van der Waals surface area contributed by atoms with Crippen LogP contribution in [0.15, 0.2) is 0 Å². The van der Waals surface area contributed by atoms with E-state index in [0.717, 1.165) is 48.1 Å². The summed E-state index contributed by atoms with van der Waals surface area (Å²) in [7, 11) is 0. The van der Waals surface area contributed by atoms with Crippen LogP contribution in [-0.2, 0) is 4.74 Å². The Balaban J connectivity index is 2.24. The summed E-state index contributed by atoms with van der Waals surface area (Å²) in [5, 5.41) is 0.957. The molecule has 2 rings (SSSR count). The second kappa shape index (κ2) is 5.80. The number of ether oxygens (including phenoxy) is 1. The summed E-state index contributed by atoms with van der Waals surface area (Å²) in [5.41, 5.74) is 0.919. The van der Waals surface area contributed by atoms with Gasteiger partial charge in [0, 0.05) is 19.7 Å². The Morgan fingerprint density at radius 1 is 1.56 bits per heavy atom. The molecule has 1 aromatic heterocycles. The van der Waals surface area contributed by atoms with Crippen LogP contribution in [0.2, 0.25) is 0 Å². The molecule has 1 saturated heterocycles. The van der Waals surface area contributed by atoms with Gasteiger partial charge >= 0.3 is 0 Å². The van der Waals surface area contributed by atoms with Crippen LogP contribution in [0.4, 0.5) is 5.13 Å². The Hall–Kier alpha value is -0.940. The Kier molecular flexibility index (Phi) is 4.35. The van der Waals surface area contributed by atoms with Crippen molar-refractivity contribution in [2.24, 2.45) is 0 Å². The van der Waals surface area contributed by atoms with Crippen LogP contribution in [0.1, 0.15) is 48.5 Å². The summed E-state index contributed by atoms with van der Waals surface area (Å²) >= 11 is 1.50. The molecule has 1 fully saturated rings. The molecule has 0 radical (unpaired) electrons. The maximum atomic E-state index is 11.1. The first kappa shape index (κ1) is 13.5. The summed E-state index contributed by atoms with van der Waals surface area (Å²) in [5.74, 6) is 0.288. The number of hydrogen-bond acceptors (Lipinski definition) is 5. The van der Waals surface area contributed by atoms with Crippen LogP contribution in [0.5, 0.6) is 0 Å². The van der Waals surface area contributed by atoms with Gasteiger partial charge in [-0.05, 0) is 19.3 Å². The minimum atomic E-state index is 0.221. The third-order valence-corrected chi connectivity index (χ3v) is 4.10. The maximum absolute atomic E-state index is 11.1. The zero-order chi connectivity index (χ0) is 13.1. The third-order valence-electron chi connectivity index (χ3n) is 3.05. The van der Waals surface area contributed by atoms with Gasteiger partial charge in [-0.2, -0.15) is 0 Å². The molecule has 100 valence electrons. The number of carbonyl (C=O) groups excluding carboxylic acids is 1.